The van der Waals surface area contributed by atoms with E-state index >= 15 is 0 Å². The highest BCUT2D eigenvalue weighted by Crippen LogP contribution is 2.29. The van der Waals surface area contributed by atoms with Crippen LogP contribution in [0.4, 0.5) is 4.39 Å². The lowest BCUT2D eigenvalue weighted by Crippen LogP contribution is -2.28. The van der Waals surface area contributed by atoms with Crippen LogP contribution in [0.1, 0.15) is 65.5 Å². The molecule has 0 saturated carbocycles. The quantitative estimate of drug-likeness (QED) is 0.284. The normalized spacial score (nSPS) is 12.1. The standard InChI is InChI=1S/C30H34FN3O5/c1-19(2)28-26(15-14-24(35)16-25(36)17-27(37)39-5)34(23-12-10-22(31)11-13-23)32-29(28)30(38)33(4)18-21-9-7-6-8-20(21)3/h6-15,19,24,35H,16-18H2,1-5H3/b15-14+. The van der Waals surface area contributed by atoms with Gasteiger partial charge in [0.15, 0.2) is 5.69 Å². The average molecular weight is 536 g/mol. The summed E-state index contributed by atoms with van der Waals surface area (Å²) in [6.07, 6.45) is 1.13. The molecule has 0 radical (unpaired) electrons. The average Bonchev–Trinajstić information content (AvgIpc) is 3.28. The number of esters is 1. The number of ether oxygens (including phenoxy) is 1. The van der Waals surface area contributed by atoms with Crippen LogP contribution < -0.4 is 0 Å². The molecule has 2 aromatic carbocycles. The molecule has 39 heavy (non-hydrogen) atoms. The molecule has 0 bridgehead atoms. The Morgan fingerprint density at radius 1 is 1.13 bits per heavy atom. The van der Waals surface area contributed by atoms with Crippen molar-refractivity contribution in [1.82, 2.24) is 14.7 Å². The molecule has 3 rings (SSSR count). The van der Waals surface area contributed by atoms with Crippen LogP contribution in [-0.2, 0) is 20.9 Å². The molecule has 0 saturated heterocycles. The molecule has 206 valence electrons. The molecule has 3 aromatic rings. The minimum absolute atomic E-state index is 0.136. The second-order valence-corrected chi connectivity index (χ2v) is 9.70. The minimum atomic E-state index is -1.18. The van der Waals surface area contributed by atoms with Crippen molar-refractivity contribution >= 4 is 23.7 Å². The van der Waals surface area contributed by atoms with E-state index in [-0.39, 0.29) is 23.9 Å². The molecule has 8 nitrogen and oxygen atoms in total. The number of hydrogen-bond acceptors (Lipinski definition) is 6. The monoisotopic (exact) mass is 535 g/mol. The Balaban J connectivity index is 2.01. The lowest BCUT2D eigenvalue weighted by Gasteiger charge is -2.19. The SMILES string of the molecule is COC(=O)CC(=O)CC(O)/C=C/c1c(C(C)C)c(C(=O)N(C)Cc2ccccc2C)nn1-c1ccc(F)cc1. The molecule has 0 aliphatic rings. The highest BCUT2D eigenvalue weighted by atomic mass is 19.1. The Morgan fingerprint density at radius 3 is 2.41 bits per heavy atom. The molecule has 1 atom stereocenters. The Bertz CT molecular complexity index is 1360. The maximum atomic E-state index is 13.7. The van der Waals surface area contributed by atoms with Crippen LogP contribution in [0.5, 0.6) is 0 Å². The number of benzene rings is 2. The van der Waals surface area contributed by atoms with Crippen LogP contribution in [0.2, 0.25) is 0 Å². The summed E-state index contributed by atoms with van der Waals surface area (Å²) in [6, 6.07) is 13.5. The number of aliphatic hydroxyl groups excluding tert-OH is 1. The van der Waals surface area contributed by atoms with Gasteiger partial charge < -0.3 is 14.7 Å². The summed E-state index contributed by atoms with van der Waals surface area (Å²) in [4.78, 5) is 38.7. The number of rotatable bonds is 11. The zero-order valence-corrected chi connectivity index (χ0v) is 22.8. The van der Waals surface area contributed by atoms with Gasteiger partial charge in [-0.05, 0) is 54.3 Å². The van der Waals surface area contributed by atoms with Gasteiger partial charge in [0, 0.05) is 25.6 Å². The molecule has 1 amide bonds. The molecule has 0 fully saturated rings. The van der Waals surface area contributed by atoms with E-state index in [0.717, 1.165) is 11.1 Å². The van der Waals surface area contributed by atoms with Crippen LogP contribution in [0.3, 0.4) is 0 Å². The van der Waals surface area contributed by atoms with Crippen LogP contribution in [0.25, 0.3) is 11.8 Å². The van der Waals surface area contributed by atoms with Gasteiger partial charge in [-0.3, -0.25) is 14.4 Å². The third-order valence-electron chi connectivity index (χ3n) is 6.31. The van der Waals surface area contributed by atoms with E-state index in [1.807, 2.05) is 45.0 Å². The number of hydrogen-bond donors (Lipinski definition) is 1. The maximum absolute atomic E-state index is 13.7. The predicted molar refractivity (Wildman–Crippen MR) is 146 cm³/mol. The highest BCUT2D eigenvalue weighted by Gasteiger charge is 2.27. The summed E-state index contributed by atoms with van der Waals surface area (Å²) < 4.78 is 19.7. The smallest absolute Gasteiger partial charge is 0.313 e. The lowest BCUT2D eigenvalue weighted by atomic mass is 9.98. The predicted octanol–water partition coefficient (Wildman–Crippen LogP) is 4.61. The van der Waals surface area contributed by atoms with Gasteiger partial charge in [0.05, 0.1) is 24.6 Å². The van der Waals surface area contributed by atoms with Crippen LogP contribution in [-0.4, -0.2) is 57.7 Å². The number of aromatic nitrogens is 2. The van der Waals surface area contributed by atoms with E-state index in [1.165, 1.54) is 30.0 Å². The first-order valence-corrected chi connectivity index (χ1v) is 12.6. The Morgan fingerprint density at radius 2 is 1.79 bits per heavy atom. The van der Waals surface area contributed by atoms with Gasteiger partial charge in [-0.25, -0.2) is 9.07 Å². The van der Waals surface area contributed by atoms with Crippen molar-refractivity contribution in [2.24, 2.45) is 0 Å². The number of aryl methyl sites for hydroxylation is 1. The molecular weight excluding hydrogens is 501 g/mol. The van der Waals surface area contributed by atoms with Crippen molar-refractivity contribution in [3.63, 3.8) is 0 Å². The fourth-order valence-corrected chi connectivity index (χ4v) is 4.21. The molecule has 0 spiro atoms. The van der Waals surface area contributed by atoms with Crippen molar-refractivity contribution in [3.05, 3.63) is 88.5 Å². The van der Waals surface area contributed by atoms with E-state index in [1.54, 1.807) is 30.2 Å². The molecule has 1 aromatic heterocycles. The van der Waals surface area contributed by atoms with Gasteiger partial charge >= 0.3 is 5.97 Å². The number of aliphatic hydroxyl groups is 1. The topological polar surface area (TPSA) is 102 Å². The number of carbonyl (C=O) groups is 3. The zero-order valence-electron chi connectivity index (χ0n) is 22.8. The van der Waals surface area contributed by atoms with E-state index in [4.69, 9.17) is 0 Å². The Hall–Kier alpha value is -4.11. The van der Waals surface area contributed by atoms with Crippen LogP contribution in [0, 0.1) is 12.7 Å². The largest absolute Gasteiger partial charge is 0.469 e. The number of carbonyl (C=O) groups excluding carboxylic acids is 3. The van der Waals surface area contributed by atoms with Crippen molar-refractivity contribution in [2.75, 3.05) is 14.2 Å². The molecule has 1 N–H and O–H groups in total. The first kappa shape index (κ1) is 29.4. The Kier molecular flexibility index (Phi) is 9.89. The van der Waals surface area contributed by atoms with Gasteiger partial charge in [-0.1, -0.05) is 44.2 Å². The minimum Gasteiger partial charge on any atom is -0.469 e. The maximum Gasteiger partial charge on any atom is 0.313 e. The third kappa shape index (κ3) is 7.48. The van der Waals surface area contributed by atoms with Crippen molar-refractivity contribution in [1.29, 1.82) is 0 Å². The van der Waals surface area contributed by atoms with Gasteiger partial charge in [-0.2, -0.15) is 5.10 Å². The third-order valence-corrected chi connectivity index (χ3v) is 6.31. The van der Waals surface area contributed by atoms with Gasteiger partial charge in [0.25, 0.3) is 5.91 Å². The molecule has 0 aliphatic heterocycles. The summed E-state index contributed by atoms with van der Waals surface area (Å²) >= 11 is 0. The summed E-state index contributed by atoms with van der Waals surface area (Å²) in [7, 11) is 2.90. The first-order chi connectivity index (χ1) is 18.5. The van der Waals surface area contributed by atoms with Crippen molar-refractivity contribution < 1.29 is 28.6 Å². The van der Waals surface area contributed by atoms with E-state index in [0.29, 0.717) is 23.5 Å². The molecule has 1 heterocycles. The summed E-state index contributed by atoms with van der Waals surface area (Å²) in [6.45, 7) is 6.23. The number of methoxy groups -OCH3 is 1. The van der Waals surface area contributed by atoms with E-state index in [9.17, 15) is 23.9 Å². The van der Waals surface area contributed by atoms with Gasteiger partial charge in [0.1, 0.15) is 18.0 Å². The molecular formula is C30H34FN3O5. The van der Waals surface area contributed by atoms with E-state index in [2.05, 4.69) is 9.84 Å². The Labute approximate surface area is 227 Å². The summed E-state index contributed by atoms with van der Waals surface area (Å²) in [5, 5.41) is 15.1. The van der Waals surface area contributed by atoms with E-state index < -0.39 is 30.1 Å². The van der Waals surface area contributed by atoms with Crippen molar-refractivity contribution in [2.45, 2.75) is 52.2 Å². The number of halogens is 1. The zero-order chi connectivity index (χ0) is 28.7. The first-order valence-electron chi connectivity index (χ1n) is 12.6. The molecule has 0 aliphatic carbocycles. The number of nitrogens with zero attached hydrogens (tertiary/aromatic N) is 3. The fraction of sp³-hybridized carbons (Fsp3) is 0.333. The molecule has 1 unspecified atom stereocenters. The summed E-state index contributed by atoms with van der Waals surface area (Å²) in [5.41, 5.74) is 4.00. The number of Topliss-reactive ketones (excluding diaryl/α,β-unsaturated/α-hetero) is 1. The highest BCUT2D eigenvalue weighted by molar-refractivity contribution is 5.96. The van der Waals surface area contributed by atoms with Crippen molar-refractivity contribution in [3.8, 4) is 5.69 Å². The van der Waals surface area contributed by atoms with Crippen LogP contribution >= 0.6 is 0 Å². The summed E-state index contributed by atoms with van der Waals surface area (Å²) in [5.74, 6) is -1.98. The second-order valence-electron chi connectivity index (χ2n) is 9.70. The van der Waals surface area contributed by atoms with Gasteiger partial charge in [-0.15, -0.1) is 0 Å². The number of ketones is 1. The molecule has 9 heteroatoms. The fourth-order valence-electron chi connectivity index (χ4n) is 4.21. The lowest BCUT2D eigenvalue weighted by molar-refractivity contribution is -0.143. The second kappa shape index (κ2) is 13.1. The number of amides is 1. The van der Waals surface area contributed by atoms with Crippen LogP contribution in [0.15, 0.2) is 54.6 Å². The van der Waals surface area contributed by atoms with Gasteiger partial charge in [0.2, 0.25) is 0 Å².